The second kappa shape index (κ2) is 5.24. The third kappa shape index (κ3) is 2.91. The Balaban J connectivity index is 2.36. The number of aryl methyl sites for hydroxylation is 2. The van der Waals surface area contributed by atoms with Crippen molar-refractivity contribution in [1.82, 2.24) is 0 Å². The zero-order chi connectivity index (χ0) is 14.0. The zero-order valence-electron chi connectivity index (χ0n) is 12.0. The summed E-state index contributed by atoms with van der Waals surface area (Å²) in [6.07, 6.45) is 5.16. The minimum atomic E-state index is -0.771. The van der Waals surface area contributed by atoms with Gasteiger partial charge in [0.2, 0.25) is 0 Å². The number of ether oxygens (including phenoxy) is 1. The Kier molecular flexibility index (Phi) is 3.83. The maximum Gasteiger partial charge on any atom is 0.309 e. The first kappa shape index (κ1) is 13.9. The molecule has 0 unspecified atom stereocenters. The van der Waals surface area contributed by atoms with Crippen LogP contribution in [0.3, 0.4) is 0 Å². The minimum absolute atomic E-state index is 0.499. The van der Waals surface area contributed by atoms with E-state index in [1.807, 2.05) is 0 Å². The molecule has 0 radical (unpaired) electrons. The summed E-state index contributed by atoms with van der Waals surface area (Å²) in [6.45, 7) is 3.52. The van der Waals surface area contributed by atoms with Gasteiger partial charge < -0.3 is 9.84 Å². The Hall–Kier alpha value is -1.51. The quantitative estimate of drug-likeness (QED) is 0.906. The van der Waals surface area contributed by atoms with Gasteiger partial charge in [0.1, 0.15) is 5.75 Å². The van der Waals surface area contributed by atoms with Crippen LogP contribution < -0.4 is 4.74 Å². The molecule has 3 heteroatoms. The van der Waals surface area contributed by atoms with E-state index in [-0.39, 0.29) is 0 Å². The first-order chi connectivity index (χ1) is 8.94. The van der Waals surface area contributed by atoms with Crippen molar-refractivity contribution in [3.8, 4) is 5.75 Å². The van der Waals surface area contributed by atoms with Crippen LogP contribution in [0.1, 0.15) is 43.4 Å². The van der Waals surface area contributed by atoms with Gasteiger partial charge in [-0.25, -0.2) is 0 Å². The largest absolute Gasteiger partial charge is 0.496 e. The fraction of sp³-hybridized carbons (Fsp3) is 0.562. The topological polar surface area (TPSA) is 46.5 Å². The smallest absolute Gasteiger partial charge is 0.309 e. The van der Waals surface area contributed by atoms with Crippen molar-refractivity contribution in [3.63, 3.8) is 0 Å². The lowest BCUT2D eigenvalue weighted by Crippen LogP contribution is -2.26. The number of rotatable bonds is 4. The molecule has 1 N–H and O–H groups in total. The Morgan fingerprint density at radius 3 is 2.37 bits per heavy atom. The molecule has 0 aliphatic heterocycles. The highest BCUT2D eigenvalue weighted by atomic mass is 16.5. The number of carboxylic acid groups (broad SMARTS) is 1. The van der Waals surface area contributed by atoms with Gasteiger partial charge in [0.25, 0.3) is 0 Å². The van der Waals surface area contributed by atoms with Gasteiger partial charge >= 0.3 is 5.97 Å². The normalized spacial score (nSPS) is 14.9. The fourth-order valence-corrected chi connectivity index (χ4v) is 2.69. The highest BCUT2D eigenvalue weighted by molar-refractivity contribution is 5.74. The third-order valence-electron chi connectivity index (χ3n) is 3.96. The number of hydrogen-bond acceptors (Lipinski definition) is 2. The molecule has 0 atom stereocenters. The van der Waals surface area contributed by atoms with E-state index < -0.39 is 11.4 Å². The third-order valence-corrected chi connectivity index (χ3v) is 3.96. The van der Waals surface area contributed by atoms with Gasteiger partial charge in [-0.05, 0) is 68.7 Å². The maximum absolute atomic E-state index is 11.3. The average Bonchev–Trinajstić information content (AvgIpc) is 2.37. The first-order valence-electron chi connectivity index (χ1n) is 6.86. The van der Waals surface area contributed by atoms with Gasteiger partial charge in [-0.15, -0.1) is 0 Å². The second-order valence-corrected chi connectivity index (χ2v) is 6.01. The molecule has 3 nitrogen and oxygen atoms in total. The molecule has 0 saturated carbocycles. The Morgan fingerprint density at radius 2 is 1.84 bits per heavy atom. The van der Waals surface area contributed by atoms with Gasteiger partial charge in [-0.2, -0.15) is 0 Å². The molecular formula is C16H22O3. The molecule has 19 heavy (non-hydrogen) atoms. The summed E-state index contributed by atoms with van der Waals surface area (Å²) in [5.74, 6) is 0.0576. The summed E-state index contributed by atoms with van der Waals surface area (Å²) in [6, 6.07) is 4.25. The van der Waals surface area contributed by atoms with E-state index in [0.29, 0.717) is 6.42 Å². The number of methoxy groups -OCH3 is 1. The standard InChI is InChI=1S/C16H22O3/c1-16(2,15(17)18)10-13-8-11-6-4-5-7-12(11)9-14(13)19-3/h8-9H,4-7,10H2,1-3H3,(H,17,18). The number of carbonyl (C=O) groups is 1. The number of fused-ring (bicyclic) bond motifs is 1. The lowest BCUT2D eigenvalue weighted by atomic mass is 9.82. The molecule has 0 spiro atoms. The van der Waals surface area contributed by atoms with Gasteiger partial charge in [0, 0.05) is 0 Å². The predicted octanol–water partition coefficient (Wildman–Crippen LogP) is 3.23. The van der Waals surface area contributed by atoms with Crippen LogP contribution in [-0.4, -0.2) is 18.2 Å². The summed E-state index contributed by atoms with van der Waals surface area (Å²) >= 11 is 0. The van der Waals surface area contributed by atoms with E-state index in [0.717, 1.165) is 24.2 Å². The van der Waals surface area contributed by atoms with Crippen LogP contribution in [0, 0.1) is 5.41 Å². The van der Waals surface area contributed by atoms with E-state index in [9.17, 15) is 9.90 Å². The predicted molar refractivity (Wildman–Crippen MR) is 74.8 cm³/mol. The highest BCUT2D eigenvalue weighted by Gasteiger charge is 2.29. The second-order valence-electron chi connectivity index (χ2n) is 6.01. The van der Waals surface area contributed by atoms with E-state index in [1.165, 1.54) is 24.0 Å². The fourth-order valence-electron chi connectivity index (χ4n) is 2.69. The molecular weight excluding hydrogens is 240 g/mol. The van der Waals surface area contributed by atoms with Crippen LogP contribution in [0.4, 0.5) is 0 Å². The number of hydrogen-bond donors (Lipinski definition) is 1. The van der Waals surface area contributed by atoms with Crippen LogP contribution >= 0.6 is 0 Å². The zero-order valence-corrected chi connectivity index (χ0v) is 12.0. The summed E-state index contributed by atoms with van der Waals surface area (Å²) in [5, 5.41) is 9.26. The molecule has 0 aromatic heterocycles. The van der Waals surface area contributed by atoms with E-state index in [1.54, 1.807) is 21.0 Å². The Bertz CT molecular complexity index is 489. The minimum Gasteiger partial charge on any atom is -0.496 e. The molecule has 0 heterocycles. The van der Waals surface area contributed by atoms with Crippen LogP contribution in [0.25, 0.3) is 0 Å². The summed E-state index contributed by atoms with van der Waals surface area (Å²) in [7, 11) is 1.65. The lowest BCUT2D eigenvalue weighted by molar-refractivity contribution is -0.146. The maximum atomic E-state index is 11.3. The van der Waals surface area contributed by atoms with Crippen LogP contribution in [0.5, 0.6) is 5.75 Å². The molecule has 104 valence electrons. The first-order valence-corrected chi connectivity index (χ1v) is 6.86. The highest BCUT2D eigenvalue weighted by Crippen LogP contribution is 2.33. The molecule has 0 fully saturated rings. The van der Waals surface area contributed by atoms with Crippen molar-refractivity contribution >= 4 is 5.97 Å². The monoisotopic (exact) mass is 262 g/mol. The van der Waals surface area contributed by atoms with Gasteiger partial charge in [0.05, 0.1) is 12.5 Å². The van der Waals surface area contributed by atoms with E-state index in [4.69, 9.17) is 4.74 Å². The van der Waals surface area contributed by atoms with Gasteiger partial charge in [-0.3, -0.25) is 4.79 Å². The van der Waals surface area contributed by atoms with Crippen LogP contribution in [0.2, 0.25) is 0 Å². The summed E-state index contributed by atoms with van der Waals surface area (Å²) in [5.41, 5.74) is 2.97. The molecule has 1 aromatic carbocycles. The molecule has 0 bridgehead atoms. The van der Waals surface area contributed by atoms with Crippen molar-refractivity contribution in [1.29, 1.82) is 0 Å². The van der Waals surface area contributed by atoms with E-state index in [2.05, 4.69) is 12.1 Å². The molecule has 2 rings (SSSR count). The number of aliphatic carboxylic acids is 1. The molecule has 0 saturated heterocycles. The van der Waals surface area contributed by atoms with Crippen molar-refractivity contribution in [2.24, 2.45) is 5.41 Å². The average molecular weight is 262 g/mol. The van der Waals surface area contributed by atoms with Crippen molar-refractivity contribution in [2.45, 2.75) is 46.0 Å². The summed E-state index contributed by atoms with van der Waals surface area (Å²) in [4.78, 5) is 11.3. The number of carboxylic acids is 1. The molecule has 1 aromatic rings. The molecule has 1 aliphatic carbocycles. The SMILES string of the molecule is COc1cc2c(cc1CC(C)(C)C(=O)O)CCCC2. The van der Waals surface area contributed by atoms with Crippen molar-refractivity contribution in [3.05, 3.63) is 28.8 Å². The van der Waals surface area contributed by atoms with Crippen LogP contribution in [0.15, 0.2) is 12.1 Å². The Labute approximate surface area is 114 Å². The van der Waals surface area contributed by atoms with Crippen LogP contribution in [-0.2, 0) is 24.1 Å². The van der Waals surface area contributed by atoms with Gasteiger partial charge in [0.15, 0.2) is 0 Å². The Morgan fingerprint density at radius 1 is 1.26 bits per heavy atom. The van der Waals surface area contributed by atoms with Gasteiger partial charge in [-0.1, -0.05) is 6.07 Å². The molecule has 0 amide bonds. The van der Waals surface area contributed by atoms with E-state index >= 15 is 0 Å². The van der Waals surface area contributed by atoms with Crippen molar-refractivity contribution < 1.29 is 14.6 Å². The lowest BCUT2D eigenvalue weighted by Gasteiger charge is -2.23. The summed E-state index contributed by atoms with van der Waals surface area (Å²) < 4.78 is 5.44. The molecule has 1 aliphatic rings. The van der Waals surface area contributed by atoms with Crippen molar-refractivity contribution in [2.75, 3.05) is 7.11 Å². The number of benzene rings is 1.